The highest BCUT2D eigenvalue weighted by atomic mass is 35.5. The molecule has 0 bridgehead atoms. The number of aliphatic carboxylic acids is 2. The van der Waals surface area contributed by atoms with Crippen molar-refractivity contribution in [2.45, 2.75) is 37.4 Å². The molecule has 0 spiro atoms. The van der Waals surface area contributed by atoms with Gasteiger partial charge in [0.15, 0.2) is 0 Å². The summed E-state index contributed by atoms with van der Waals surface area (Å²) < 4.78 is 13.3. The second-order valence-corrected chi connectivity index (χ2v) is 9.80. The molecule has 0 radical (unpaired) electrons. The number of nitrogens with one attached hydrogen (secondary N) is 1. The lowest BCUT2D eigenvalue weighted by atomic mass is 10.0. The number of carboxylic acid groups (broad SMARTS) is 2. The van der Waals surface area contributed by atoms with E-state index < -0.39 is 54.1 Å². The molecule has 2 rings (SSSR count). The number of carboxylic acids is 2. The first-order chi connectivity index (χ1) is 19.5. The molecule has 0 saturated carbocycles. The Bertz CT molecular complexity index is 1210. The number of alkyl halides is 2. The third kappa shape index (κ3) is 10.3. The molecule has 3 atom stereocenters. The van der Waals surface area contributed by atoms with Gasteiger partial charge in [0.05, 0.1) is 12.5 Å². The van der Waals surface area contributed by atoms with Crippen molar-refractivity contribution >= 4 is 59.1 Å². The third-order valence-electron chi connectivity index (χ3n) is 6.10. The van der Waals surface area contributed by atoms with Gasteiger partial charge in [-0.15, -0.1) is 23.2 Å². The Hall–Kier alpha value is -3.74. The van der Waals surface area contributed by atoms with E-state index >= 15 is 0 Å². The van der Waals surface area contributed by atoms with E-state index in [0.29, 0.717) is 40.9 Å². The number of carbonyl (C=O) groups excluding carboxylic acids is 3. The standard InChI is InChI=1S/C27H31Cl2FN4O7/c28-8-10-33(11-9-29)20-3-1-2-18(12-20)13-22(32-25(38)21(31)15-24(36)37)26(39)34(16-35)23(27(40)41)14-17-4-6-19(30)7-5-17/h1-7,12,16,21-23H,8-11,13-15,31H2,(H,32,38)(H,36,37)(H,40,41)/t21-,22-,23-/m0/s1. The molecule has 2 aromatic rings. The van der Waals surface area contributed by atoms with Crippen molar-refractivity contribution in [3.8, 4) is 0 Å². The third-order valence-corrected chi connectivity index (χ3v) is 6.44. The van der Waals surface area contributed by atoms with E-state index in [1.54, 1.807) is 24.3 Å². The molecule has 41 heavy (non-hydrogen) atoms. The summed E-state index contributed by atoms with van der Waals surface area (Å²) in [5.74, 6) is -4.82. The molecule has 0 fully saturated rings. The number of hydrogen-bond acceptors (Lipinski definition) is 7. The molecule has 11 nitrogen and oxygen atoms in total. The molecular formula is C27H31Cl2FN4O7. The molecule has 222 valence electrons. The van der Waals surface area contributed by atoms with E-state index in [2.05, 4.69) is 5.32 Å². The smallest absolute Gasteiger partial charge is 0.327 e. The zero-order chi connectivity index (χ0) is 30.5. The molecule has 0 unspecified atom stereocenters. The van der Waals surface area contributed by atoms with Crippen molar-refractivity contribution in [1.29, 1.82) is 0 Å². The number of nitrogens with zero attached hydrogens (tertiary/aromatic N) is 2. The molecule has 3 amide bonds. The fourth-order valence-electron chi connectivity index (χ4n) is 4.06. The summed E-state index contributed by atoms with van der Waals surface area (Å²) in [7, 11) is 0. The summed E-state index contributed by atoms with van der Waals surface area (Å²) in [6, 6.07) is 7.04. The van der Waals surface area contributed by atoms with Gasteiger partial charge in [0.2, 0.25) is 12.3 Å². The highest BCUT2D eigenvalue weighted by Crippen LogP contribution is 2.19. The van der Waals surface area contributed by atoms with Crippen LogP contribution < -0.4 is 16.0 Å². The quantitative estimate of drug-likeness (QED) is 0.153. The Morgan fingerprint density at radius 2 is 1.61 bits per heavy atom. The molecule has 0 heterocycles. The van der Waals surface area contributed by atoms with Gasteiger partial charge >= 0.3 is 11.9 Å². The maximum Gasteiger partial charge on any atom is 0.327 e. The van der Waals surface area contributed by atoms with Gasteiger partial charge in [-0.05, 0) is 35.4 Å². The van der Waals surface area contributed by atoms with Crippen molar-refractivity contribution in [2.75, 3.05) is 29.7 Å². The summed E-state index contributed by atoms with van der Waals surface area (Å²) >= 11 is 11.8. The van der Waals surface area contributed by atoms with Crippen LogP contribution >= 0.6 is 23.2 Å². The van der Waals surface area contributed by atoms with E-state index in [4.69, 9.17) is 34.0 Å². The Labute approximate surface area is 246 Å². The number of carbonyl (C=O) groups is 5. The monoisotopic (exact) mass is 612 g/mol. The first-order valence-corrected chi connectivity index (χ1v) is 13.6. The fourth-order valence-corrected chi connectivity index (χ4v) is 4.46. The van der Waals surface area contributed by atoms with Gasteiger partial charge in [0.25, 0.3) is 5.91 Å². The van der Waals surface area contributed by atoms with Crippen LogP contribution in [0.2, 0.25) is 0 Å². The number of rotatable bonds is 17. The van der Waals surface area contributed by atoms with Crippen LogP contribution in [0.25, 0.3) is 0 Å². The predicted octanol–water partition coefficient (Wildman–Crippen LogP) is 1.62. The number of benzene rings is 2. The Balaban J connectivity index is 2.43. The van der Waals surface area contributed by atoms with Crippen LogP contribution in [0.3, 0.4) is 0 Å². The maximum absolute atomic E-state index is 13.6. The van der Waals surface area contributed by atoms with Gasteiger partial charge in [-0.2, -0.15) is 0 Å². The molecular weight excluding hydrogens is 582 g/mol. The summed E-state index contributed by atoms with van der Waals surface area (Å²) in [5.41, 5.74) is 7.26. The van der Waals surface area contributed by atoms with Crippen molar-refractivity contribution in [3.63, 3.8) is 0 Å². The van der Waals surface area contributed by atoms with Crippen molar-refractivity contribution in [2.24, 2.45) is 5.73 Å². The normalized spacial score (nSPS) is 13.0. The molecule has 0 saturated heterocycles. The molecule has 5 N–H and O–H groups in total. The number of halogens is 3. The molecule has 2 aromatic carbocycles. The number of imide groups is 1. The van der Waals surface area contributed by atoms with Gasteiger partial charge in [0, 0.05) is 43.4 Å². The minimum Gasteiger partial charge on any atom is -0.481 e. The highest BCUT2D eigenvalue weighted by Gasteiger charge is 2.35. The van der Waals surface area contributed by atoms with E-state index in [-0.39, 0.29) is 19.3 Å². The Morgan fingerprint density at radius 3 is 2.15 bits per heavy atom. The zero-order valence-electron chi connectivity index (χ0n) is 21.9. The summed E-state index contributed by atoms with van der Waals surface area (Å²) in [6.07, 6.45) is -1.21. The fraction of sp³-hybridized carbons (Fsp3) is 0.370. The number of hydrogen-bond donors (Lipinski definition) is 4. The zero-order valence-corrected chi connectivity index (χ0v) is 23.4. The van der Waals surface area contributed by atoms with Gasteiger partial charge in [-0.3, -0.25) is 24.1 Å². The Kier molecular flexibility index (Phi) is 13.5. The predicted molar refractivity (Wildman–Crippen MR) is 150 cm³/mol. The lowest BCUT2D eigenvalue weighted by Crippen LogP contribution is -2.57. The maximum atomic E-state index is 13.6. The summed E-state index contributed by atoms with van der Waals surface area (Å²) in [4.78, 5) is 64.0. The molecule has 0 aromatic heterocycles. The van der Waals surface area contributed by atoms with Crippen LogP contribution in [0, 0.1) is 5.82 Å². The molecule has 0 aliphatic carbocycles. The second kappa shape index (κ2) is 16.5. The van der Waals surface area contributed by atoms with Gasteiger partial charge in [-0.1, -0.05) is 24.3 Å². The number of amides is 3. The SMILES string of the molecule is N[C@@H](CC(=O)O)C(=O)N[C@@H](Cc1cccc(N(CCCl)CCCl)c1)C(=O)N(C=O)[C@@H](Cc1ccc(F)cc1)C(=O)O. The van der Waals surface area contributed by atoms with Gasteiger partial charge in [-0.25, -0.2) is 9.18 Å². The minimum atomic E-state index is -1.69. The van der Waals surface area contributed by atoms with E-state index in [1.807, 2.05) is 4.90 Å². The number of anilines is 1. The molecule has 0 aliphatic heterocycles. The lowest BCUT2D eigenvalue weighted by molar-refractivity contribution is -0.155. The second-order valence-electron chi connectivity index (χ2n) is 9.04. The van der Waals surface area contributed by atoms with Gasteiger partial charge in [0.1, 0.15) is 17.9 Å². The van der Waals surface area contributed by atoms with Crippen LogP contribution in [-0.2, 0) is 36.8 Å². The van der Waals surface area contributed by atoms with E-state index in [9.17, 15) is 33.5 Å². The van der Waals surface area contributed by atoms with Crippen LogP contribution in [0.4, 0.5) is 10.1 Å². The first-order valence-electron chi connectivity index (χ1n) is 12.5. The average molecular weight is 613 g/mol. The van der Waals surface area contributed by atoms with Crippen molar-refractivity contribution in [3.05, 3.63) is 65.5 Å². The minimum absolute atomic E-state index is 0.0417. The van der Waals surface area contributed by atoms with Crippen LogP contribution in [-0.4, -0.2) is 88.3 Å². The molecule has 0 aliphatic rings. The summed E-state index contributed by atoms with van der Waals surface area (Å²) in [6.45, 7) is 0.951. The van der Waals surface area contributed by atoms with Crippen molar-refractivity contribution < 1.29 is 38.6 Å². The highest BCUT2D eigenvalue weighted by molar-refractivity contribution is 6.18. The summed E-state index contributed by atoms with van der Waals surface area (Å²) in [5, 5.41) is 21.2. The first kappa shape index (κ1) is 33.5. The lowest BCUT2D eigenvalue weighted by Gasteiger charge is -2.29. The number of nitrogens with two attached hydrogens (primary N) is 1. The van der Waals surface area contributed by atoms with Crippen LogP contribution in [0.5, 0.6) is 0 Å². The van der Waals surface area contributed by atoms with E-state index in [0.717, 1.165) is 17.8 Å². The van der Waals surface area contributed by atoms with Gasteiger partial charge < -0.3 is 26.2 Å². The van der Waals surface area contributed by atoms with Crippen LogP contribution in [0.1, 0.15) is 17.5 Å². The average Bonchev–Trinajstić information content (AvgIpc) is 2.93. The topological polar surface area (TPSA) is 170 Å². The molecule has 14 heteroatoms. The van der Waals surface area contributed by atoms with E-state index in [1.165, 1.54) is 12.1 Å². The largest absolute Gasteiger partial charge is 0.481 e. The van der Waals surface area contributed by atoms with Crippen LogP contribution in [0.15, 0.2) is 48.5 Å². The van der Waals surface area contributed by atoms with Crippen molar-refractivity contribution in [1.82, 2.24) is 10.2 Å². The Morgan fingerprint density at radius 1 is 0.976 bits per heavy atom.